The molecule has 2 aliphatic heterocycles. The lowest BCUT2D eigenvalue weighted by Crippen LogP contribution is -2.54. The Hall–Kier alpha value is -1.59. The van der Waals surface area contributed by atoms with Crippen LogP contribution < -0.4 is 5.32 Å². The van der Waals surface area contributed by atoms with Crippen LogP contribution in [0.15, 0.2) is 30.3 Å². The summed E-state index contributed by atoms with van der Waals surface area (Å²) < 4.78 is 0. The quantitative estimate of drug-likeness (QED) is 0.866. The highest BCUT2D eigenvalue weighted by Crippen LogP contribution is 2.12. The van der Waals surface area contributed by atoms with E-state index in [2.05, 4.69) is 17.4 Å². The van der Waals surface area contributed by atoms with Gasteiger partial charge in [-0.05, 0) is 37.8 Å². The lowest BCUT2D eigenvalue weighted by Gasteiger charge is -2.36. The molecule has 1 unspecified atom stereocenters. The Labute approximate surface area is 156 Å². The van der Waals surface area contributed by atoms with Gasteiger partial charge in [-0.2, -0.15) is 0 Å². The summed E-state index contributed by atoms with van der Waals surface area (Å²) in [7, 11) is 0. The Balaban J connectivity index is 0.00000225. The molecule has 0 aliphatic carbocycles. The van der Waals surface area contributed by atoms with E-state index < -0.39 is 0 Å². The maximum Gasteiger partial charge on any atom is 0.239 e. The van der Waals surface area contributed by atoms with Crippen molar-refractivity contribution in [2.45, 2.75) is 38.1 Å². The van der Waals surface area contributed by atoms with Gasteiger partial charge < -0.3 is 15.1 Å². The third kappa shape index (κ3) is 5.44. The number of amides is 2. The van der Waals surface area contributed by atoms with Crippen LogP contribution in [0.4, 0.5) is 0 Å². The zero-order valence-electron chi connectivity index (χ0n) is 14.7. The van der Waals surface area contributed by atoms with Crippen molar-refractivity contribution < 1.29 is 9.59 Å². The number of piperazine rings is 1. The van der Waals surface area contributed by atoms with Crippen molar-refractivity contribution >= 4 is 24.2 Å². The lowest BCUT2D eigenvalue weighted by atomic mass is 10.1. The summed E-state index contributed by atoms with van der Waals surface area (Å²) >= 11 is 0. The molecule has 1 atom stereocenters. The molecule has 2 heterocycles. The first-order chi connectivity index (χ1) is 11.7. The van der Waals surface area contributed by atoms with Gasteiger partial charge in [0.2, 0.25) is 11.8 Å². The van der Waals surface area contributed by atoms with Crippen LogP contribution >= 0.6 is 12.4 Å². The normalized spacial score (nSPS) is 20.2. The molecule has 1 N–H and O–H groups in total. The maximum atomic E-state index is 12.4. The molecule has 6 heteroatoms. The van der Waals surface area contributed by atoms with Gasteiger partial charge in [-0.25, -0.2) is 0 Å². The molecular formula is C19H28ClN3O2. The van der Waals surface area contributed by atoms with E-state index >= 15 is 0 Å². The van der Waals surface area contributed by atoms with Gasteiger partial charge in [0.15, 0.2) is 0 Å². The minimum Gasteiger partial charge on any atom is -0.339 e. The Morgan fingerprint density at radius 1 is 1.04 bits per heavy atom. The summed E-state index contributed by atoms with van der Waals surface area (Å²) in [5.74, 6) is 0.431. The van der Waals surface area contributed by atoms with Gasteiger partial charge in [-0.3, -0.25) is 9.59 Å². The highest BCUT2D eigenvalue weighted by molar-refractivity contribution is 5.85. The number of nitrogens with zero attached hydrogens (tertiary/aromatic N) is 2. The van der Waals surface area contributed by atoms with Crippen molar-refractivity contribution in [2.24, 2.45) is 0 Å². The predicted molar refractivity (Wildman–Crippen MR) is 101 cm³/mol. The van der Waals surface area contributed by atoms with Crippen molar-refractivity contribution in [3.63, 3.8) is 0 Å². The zero-order valence-corrected chi connectivity index (χ0v) is 15.5. The third-order valence-corrected chi connectivity index (χ3v) is 5.00. The van der Waals surface area contributed by atoms with Crippen molar-refractivity contribution in [1.29, 1.82) is 0 Å². The number of hydrogen-bond acceptors (Lipinski definition) is 3. The Kier molecular flexibility index (Phi) is 7.72. The first-order valence-corrected chi connectivity index (χ1v) is 9.08. The summed E-state index contributed by atoms with van der Waals surface area (Å²) in [5.41, 5.74) is 1.28. The standard InChI is InChI=1S/C19H27N3O2.ClH/c23-18(10-4-8-16-6-2-1-3-7-16)21-12-14-22(15-13-21)19(24)17-9-5-11-20-17;/h1-3,6-7,17,20H,4-5,8-15H2;1H. The van der Waals surface area contributed by atoms with Gasteiger partial charge in [0, 0.05) is 32.6 Å². The van der Waals surface area contributed by atoms with Gasteiger partial charge in [0.1, 0.15) is 0 Å². The van der Waals surface area contributed by atoms with E-state index in [0.717, 1.165) is 32.2 Å². The summed E-state index contributed by atoms with van der Waals surface area (Å²) in [5, 5.41) is 3.26. The SMILES string of the molecule is Cl.O=C(CCCc1ccccc1)N1CCN(C(=O)C2CCCN2)CC1. The lowest BCUT2D eigenvalue weighted by molar-refractivity contribution is -0.140. The van der Waals surface area contributed by atoms with Gasteiger partial charge in [-0.1, -0.05) is 30.3 Å². The molecule has 138 valence electrons. The number of nitrogens with one attached hydrogen (secondary N) is 1. The fourth-order valence-electron chi connectivity index (χ4n) is 3.54. The molecule has 0 bridgehead atoms. The molecular weight excluding hydrogens is 338 g/mol. The summed E-state index contributed by atoms with van der Waals surface area (Å²) in [6, 6.07) is 10.3. The number of halogens is 1. The number of hydrogen-bond donors (Lipinski definition) is 1. The van der Waals surface area contributed by atoms with Crippen LogP contribution in [0.5, 0.6) is 0 Å². The van der Waals surface area contributed by atoms with E-state index in [-0.39, 0.29) is 30.3 Å². The van der Waals surface area contributed by atoms with Crippen molar-refractivity contribution in [3.05, 3.63) is 35.9 Å². The number of rotatable bonds is 5. The molecule has 0 saturated carbocycles. The number of benzene rings is 1. The van der Waals surface area contributed by atoms with Crippen molar-refractivity contribution in [3.8, 4) is 0 Å². The second-order valence-electron chi connectivity index (χ2n) is 6.69. The molecule has 1 aromatic rings. The van der Waals surface area contributed by atoms with E-state index in [1.807, 2.05) is 28.0 Å². The molecule has 2 amide bonds. The second-order valence-corrected chi connectivity index (χ2v) is 6.69. The van der Waals surface area contributed by atoms with Crippen LogP contribution in [-0.2, 0) is 16.0 Å². The third-order valence-electron chi connectivity index (χ3n) is 5.00. The van der Waals surface area contributed by atoms with E-state index in [4.69, 9.17) is 0 Å². The average Bonchev–Trinajstić information content (AvgIpc) is 3.17. The van der Waals surface area contributed by atoms with Gasteiger partial charge in [0.05, 0.1) is 6.04 Å². The first kappa shape index (κ1) is 19.7. The van der Waals surface area contributed by atoms with Crippen LogP contribution in [0.2, 0.25) is 0 Å². The van der Waals surface area contributed by atoms with Gasteiger partial charge >= 0.3 is 0 Å². The highest BCUT2D eigenvalue weighted by atomic mass is 35.5. The van der Waals surface area contributed by atoms with Crippen LogP contribution in [0, 0.1) is 0 Å². The monoisotopic (exact) mass is 365 g/mol. The molecule has 2 aliphatic rings. The minimum atomic E-state index is -0.00174. The molecule has 2 saturated heterocycles. The zero-order chi connectivity index (χ0) is 16.8. The molecule has 3 rings (SSSR count). The fraction of sp³-hybridized carbons (Fsp3) is 0.579. The van der Waals surface area contributed by atoms with Crippen LogP contribution in [0.1, 0.15) is 31.2 Å². The number of aryl methyl sites for hydroxylation is 1. The highest BCUT2D eigenvalue weighted by Gasteiger charge is 2.30. The molecule has 0 spiro atoms. The fourth-order valence-corrected chi connectivity index (χ4v) is 3.54. The van der Waals surface area contributed by atoms with Crippen LogP contribution in [-0.4, -0.2) is 60.4 Å². The summed E-state index contributed by atoms with van der Waals surface area (Å²) in [6.07, 6.45) is 4.44. The minimum absolute atomic E-state index is 0. The van der Waals surface area contributed by atoms with E-state index in [9.17, 15) is 9.59 Å². The molecule has 0 aromatic heterocycles. The Morgan fingerprint density at radius 3 is 2.36 bits per heavy atom. The van der Waals surface area contributed by atoms with Crippen molar-refractivity contribution in [2.75, 3.05) is 32.7 Å². The number of carbonyl (C=O) groups is 2. The Morgan fingerprint density at radius 2 is 1.72 bits per heavy atom. The molecule has 1 aromatic carbocycles. The second kappa shape index (κ2) is 9.78. The molecule has 0 radical (unpaired) electrons. The van der Waals surface area contributed by atoms with E-state index in [1.165, 1.54) is 5.56 Å². The van der Waals surface area contributed by atoms with Gasteiger partial charge in [0.25, 0.3) is 0 Å². The van der Waals surface area contributed by atoms with Gasteiger partial charge in [-0.15, -0.1) is 12.4 Å². The molecule has 2 fully saturated rings. The van der Waals surface area contributed by atoms with Crippen molar-refractivity contribution in [1.82, 2.24) is 15.1 Å². The van der Waals surface area contributed by atoms with Crippen LogP contribution in [0.3, 0.4) is 0 Å². The average molecular weight is 366 g/mol. The summed E-state index contributed by atoms with van der Waals surface area (Å²) in [6.45, 7) is 3.62. The largest absolute Gasteiger partial charge is 0.339 e. The summed E-state index contributed by atoms with van der Waals surface area (Å²) in [4.78, 5) is 28.5. The first-order valence-electron chi connectivity index (χ1n) is 9.08. The van der Waals surface area contributed by atoms with Crippen LogP contribution in [0.25, 0.3) is 0 Å². The maximum absolute atomic E-state index is 12.4. The molecule has 25 heavy (non-hydrogen) atoms. The Bertz CT molecular complexity index is 553. The topological polar surface area (TPSA) is 52.7 Å². The smallest absolute Gasteiger partial charge is 0.239 e. The number of carbonyl (C=O) groups excluding carboxylic acids is 2. The predicted octanol–water partition coefficient (Wildman–Crippen LogP) is 1.85. The molecule has 5 nitrogen and oxygen atoms in total. The van der Waals surface area contributed by atoms with E-state index in [0.29, 0.717) is 32.6 Å². The van der Waals surface area contributed by atoms with E-state index in [1.54, 1.807) is 0 Å².